The summed E-state index contributed by atoms with van der Waals surface area (Å²) in [5.41, 5.74) is 0. The first-order chi connectivity index (χ1) is 5.34. The monoisotopic (exact) mass is 196 g/mol. The molecule has 0 aromatic rings. The second kappa shape index (κ2) is 6.50. The van der Waals surface area contributed by atoms with Crippen molar-refractivity contribution in [3.63, 3.8) is 0 Å². The van der Waals surface area contributed by atoms with Crippen LogP contribution in [0.15, 0.2) is 0 Å². The van der Waals surface area contributed by atoms with Crippen LogP contribution in [-0.2, 0) is 15.9 Å². The van der Waals surface area contributed by atoms with Crippen LogP contribution in [0.3, 0.4) is 0 Å². The molecule has 0 aromatic heterocycles. The molecule has 1 aliphatic rings. The third kappa shape index (κ3) is 3.59. The molecule has 0 spiro atoms. The molecule has 1 unspecified atom stereocenters. The first kappa shape index (κ1) is 12.0. The van der Waals surface area contributed by atoms with Gasteiger partial charge >= 0.3 is 0 Å². The molecule has 1 rings (SSSR count). The zero-order valence-corrected chi connectivity index (χ0v) is 8.02. The van der Waals surface area contributed by atoms with Gasteiger partial charge < -0.3 is 10.2 Å². The quantitative estimate of drug-likeness (QED) is 0.554. The van der Waals surface area contributed by atoms with E-state index in [0.29, 0.717) is 13.2 Å². The van der Waals surface area contributed by atoms with E-state index in [-0.39, 0.29) is 5.48 Å². The standard InChI is InChI=1S/C6H14N2O2S.H2O/c1-10-6-3-7-11(9)8-4-2-5-8;/h7H,2-6H2,1H3;1H2. The molecule has 6 heteroatoms. The second-order valence-corrected chi connectivity index (χ2v) is 3.72. The van der Waals surface area contributed by atoms with Crippen molar-refractivity contribution in [2.24, 2.45) is 0 Å². The van der Waals surface area contributed by atoms with Gasteiger partial charge in [-0.2, -0.15) is 0 Å². The second-order valence-electron chi connectivity index (χ2n) is 2.42. The van der Waals surface area contributed by atoms with Crippen LogP contribution in [0.2, 0.25) is 0 Å². The maximum Gasteiger partial charge on any atom is 0.169 e. The zero-order valence-electron chi connectivity index (χ0n) is 7.21. The highest BCUT2D eigenvalue weighted by atomic mass is 32.2. The molecule has 0 aromatic carbocycles. The summed E-state index contributed by atoms with van der Waals surface area (Å²) in [5, 5.41) is 0. The summed E-state index contributed by atoms with van der Waals surface area (Å²) in [5.74, 6) is 0. The summed E-state index contributed by atoms with van der Waals surface area (Å²) in [7, 11) is 1.63. The highest BCUT2D eigenvalue weighted by Gasteiger charge is 2.19. The van der Waals surface area contributed by atoms with Gasteiger partial charge in [-0.1, -0.05) is 0 Å². The van der Waals surface area contributed by atoms with Crippen molar-refractivity contribution < 1.29 is 14.4 Å². The zero-order chi connectivity index (χ0) is 8.10. The van der Waals surface area contributed by atoms with Crippen LogP contribution in [-0.4, -0.2) is 47.3 Å². The molecule has 0 saturated carbocycles. The maximum atomic E-state index is 11.2. The lowest BCUT2D eigenvalue weighted by Crippen LogP contribution is -2.44. The van der Waals surface area contributed by atoms with E-state index in [1.54, 1.807) is 7.11 Å². The minimum Gasteiger partial charge on any atom is -0.412 e. The molecule has 1 aliphatic heterocycles. The fraction of sp³-hybridized carbons (Fsp3) is 1.00. The summed E-state index contributed by atoms with van der Waals surface area (Å²) < 4.78 is 20.7. The van der Waals surface area contributed by atoms with Crippen LogP contribution in [0.1, 0.15) is 6.42 Å². The summed E-state index contributed by atoms with van der Waals surface area (Å²) in [6.07, 6.45) is 1.16. The van der Waals surface area contributed by atoms with Gasteiger partial charge in [0.05, 0.1) is 6.61 Å². The molecule has 12 heavy (non-hydrogen) atoms. The van der Waals surface area contributed by atoms with Crippen LogP contribution >= 0.6 is 0 Å². The molecule has 0 amide bonds. The van der Waals surface area contributed by atoms with Gasteiger partial charge in [-0.05, 0) is 6.42 Å². The molecule has 74 valence electrons. The average molecular weight is 196 g/mol. The lowest BCUT2D eigenvalue weighted by atomic mass is 10.3. The number of nitrogens with zero attached hydrogens (tertiary/aromatic N) is 1. The molecule has 0 aliphatic carbocycles. The Hall–Kier alpha value is -0.0100. The molecule has 0 radical (unpaired) electrons. The van der Waals surface area contributed by atoms with Crippen molar-refractivity contribution in [3.8, 4) is 0 Å². The topological polar surface area (TPSA) is 73.1 Å². The van der Waals surface area contributed by atoms with Crippen LogP contribution in [0.4, 0.5) is 0 Å². The van der Waals surface area contributed by atoms with Crippen LogP contribution in [0.25, 0.3) is 0 Å². The minimum atomic E-state index is -0.976. The van der Waals surface area contributed by atoms with E-state index in [1.807, 2.05) is 4.31 Å². The third-order valence-corrected chi connectivity index (χ3v) is 2.87. The van der Waals surface area contributed by atoms with Crippen molar-refractivity contribution in [1.82, 2.24) is 9.03 Å². The van der Waals surface area contributed by atoms with Gasteiger partial charge in [-0.25, -0.2) is 13.2 Å². The van der Waals surface area contributed by atoms with Gasteiger partial charge in [-0.15, -0.1) is 0 Å². The first-order valence-electron chi connectivity index (χ1n) is 3.74. The number of nitrogens with one attached hydrogen (secondary N) is 1. The molecule has 1 atom stereocenters. The largest absolute Gasteiger partial charge is 0.412 e. The van der Waals surface area contributed by atoms with Crippen molar-refractivity contribution in [2.45, 2.75) is 6.42 Å². The van der Waals surface area contributed by atoms with E-state index >= 15 is 0 Å². The number of rotatable bonds is 5. The normalized spacial score (nSPS) is 19.4. The van der Waals surface area contributed by atoms with E-state index in [2.05, 4.69) is 4.72 Å². The lowest BCUT2D eigenvalue weighted by molar-refractivity contribution is 0.204. The number of methoxy groups -OCH3 is 1. The average Bonchev–Trinajstić information content (AvgIpc) is 1.84. The van der Waals surface area contributed by atoms with Crippen molar-refractivity contribution in [2.75, 3.05) is 33.4 Å². The lowest BCUT2D eigenvalue weighted by Gasteiger charge is -2.28. The fourth-order valence-electron chi connectivity index (χ4n) is 0.775. The Morgan fingerprint density at radius 1 is 1.58 bits per heavy atom. The van der Waals surface area contributed by atoms with Gasteiger partial charge in [0.25, 0.3) is 0 Å². The molecule has 1 saturated heterocycles. The van der Waals surface area contributed by atoms with Crippen molar-refractivity contribution >= 4 is 11.2 Å². The Morgan fingerprint density at radius 3 is 2.67 bits per heavy atom. The highest BCUT2D eigenvalue weighted by molar-refractivity contribution is 7.80. The fourth-order valence-corrected chi connectivity index (χ4v) is 1.81. The smallest absolute Gasteiger partial charge is 0.169 e. The van der Waals surface area contributed by atoms with E-state index < -0.39 is 11.2 Å². The molecule has 1 heterocycles. The molecule has 1 fully saturated rings. The molecule has 0 bridgehead atoms. The van der Waals surface area contributed by atoms with Gasteiger partial charge in [-0.3, -0.25) is 0 Å². The van der Waals surface area contributed by atoms with Crippen LogP contribution in [0, 0.1) is 0 Å². The van der Waals surface area contributed by atoms with Gasteiger partial charge in [0.1, 0.15) is 0 Å². The highest BCUT2D eigenvalue weighted by Crippen LogP contribution is 2.06. The summed E-state index contributed by atoms with van der Waals surface area (Å²) in [6, 6.07) is 0. The molecule has 5 nitrogen and oxygen atoms in total. The molecular weight excluding hydrogens is 180 g/mol. The minimum absolute atomic E-state index is 0. The van der Waals surface area contributed by atoms with Gasteiger partial charge in [0.15, 0.2) is 11.2 Å². The van der Waals surface area contributed by atoms with Crippen molar-refractivity contribution in [3.05, 3.63) is 0 Å². The van der Waals surface area contributed by atoms with E-state index in [4.69, 9.17) is 4.74 Å². The first-order valence-corrected chi connectivity index (χ1v) is 4.84. The van der Waals surface area contributed by atoms with Gasteiger partial charge in [0.2, 0.25) is 0 Å². The van der Waals surface area contributed by atoms with E-state index in [1.165, 1.54) is 0 Å². The predicted octanol–water partition coefficient (Wildman–Crippen LogP) is -1.32. The maximum absolute atomic E-state index is 11.2. The van der Waals surface area contributed by atoms with Crippen LogP contribution in [0.5, 0.6) is 0 Å². The van der Waals surface area contributed by atoms with E-state index in [9.17, 15) is 4.21 Å². The van der Waals surface area contributed by atoms with E-state index in [0.717, 1.165) is 19.5 Å². The number of ether oxygens (including phenoxy) is 1. The Labute approximate surface area is 75.1 Å². The molecular formula is C6H16N2O3S. The van der Waals surface area contributed by atoms with Crippen LogP contribution < -0.4 is 4.72 Å². The Bertz CT molecular complexity index is 141. The Morgan fingerprint density at radius 2 is 2.25 bits per heavy atom. The summed E-state index contributed by atoms with van der Waals surface area (Å²) in [4.78, 5) is 0. The predicted molar refractivity (Wildman–Crippen MR) is 47.8 cm³/mol. The third-order valence-electron chi connectivity index (χ3n) is 1.58. The van der Waals surface area contributed by atoms with Gasteiger partial charge in [0, 0.05) is 26.7 Å². The Kier molecular flexibility index (Phi) is 6.49. The summed E-state index contributed by atoms with van der Waals surface area (Å²) in [6.45, 7) is 3.17. The SMILES string of the molecule is COCCNS(=O)N1CCC1.O. The van der Waals surface area contributed by atoms with Crippen molar-refractivity contribution in [1.29, 1.82) is 0 Å². The molecule has 3 N–H and O–H groups in total. The number of hydrogen-bond donors (Lipinski definition) is 1. The number of hydrogen-bond acceptors (Lipinski definition) is 2. The summed E-state index contributed by atoms with van der Waals surface area (Å²) >= 11 is -0.976. The Balaban J connectivity index is 0.00000121.